The van der Waals surface area contributed by atoms with E-state index in [4.69, 9.17) is 0 Å². The van der Waals surface area contributed by atoms with Crippen LogP contribution in [0.4, 0.5) is 0 Å². The second-order valence-electron chi connectivity index (χ2n) is 6.80. The minimum absolute atomic E-state index is 0.0599. The molecule has 0 radical (unpaired) electrons. The van der Waals surface area contributed by atoms with Gasteiger partial charge in [0.05, 0.1) is 24.3 Å². The van der Waals surface area contributed by atoms with Crippen LogP contribution in [-0.4, -0.2) is 44.3 Å². The first kappa shape index (κ1) is 18.4. The van der Waals surface area contributed by atoms with Gasteiger partial charge in [0.2, 0.25) is 0 Å². The van der Waals surface area contributed by atoms with E-state index in [2.05, 4.69) is 15.6 Å². The Morgan fingerprint density at radius 1 is 1.21 bits per heavy atom. The average Bonchev–Trinajstić information content (AvgIpc) is 3.48. The first-order valence-electron chi connectivity index (χ1n) is 9.26. The Hall–Kier alpha value is -3.00. The molecule has 8 heteroatoms. The monoisotopic (exact) mass is 395 g/mol. The smallest absolute Gasteiger partial charge is 0.273 e. The Kier molecular flexibility index (Phi) is 5.48. The van der Waals surface area contributed by atoms with Gasteiger partial charge in [-0.3, -0.25) is 9.59 Å². The molecule has 7 nitrogen and oxygen atoms in total. The zero-order valence-electron chi connectivity index (χ0n) is 15.3. The van der Waals surface area contributed by atoms with Crippen LogP contribution < -0.4 is 5.32 Å². The molecular weight excluding hydrogens is 374 g/mol. The van der Waals surface area contributed by atoms with Gasteiger partial charge in [-0.25, -0.2) is 4.68 Å². The molecule has 28 heavy (non-hydrogen) atoms. The Balaban J connectivity index is 1.36. The lowest BCUT2D eigenvalue weighted by atomic mass is 10.2. The van der Waals surface area contributed by atoms with Crippen molar-refractivity contribution in [1.82, 2.24) is 25.2 Å². The van der Waals surface area contributed by atoms with E-state index in [1.54, 1.807) is 10.9 Å². The summed E-state index contributed by atoms with van der Waals surface area (Å²) in [6.07, 6.45) is 3.54. The van der Waals surface area contributed by atoms with Gasteiger partial charge in [-0.15, -0.1) is 5.10 Å². The summed E-state index contributed by atoms with van der Waals surface area (Å²) in [5, 5.41) is 14.7. The highest BCUT2D eigenvalue weighted by Crippen LogP contribution is 2.22. The van der Waals surface area contributed by atoms with E-state index in [1.165, 1.54) is 11.3 Å². The number of rotatable bonds is 6. The summed E-state index contributed by atoms with van der Waals surface area (Å²) in [4.78, 5) is 26.9. The Bertz CT molecular complexity index is 939. The zero-order valence-corrected chi connectivity index (χ0v) is 16.1. The quantitative estimate of drug-likeness (QED) is 0.696. The van der Waals surface area contributed by atoms with E-state index in [-0.39, 0.29) is 23.6 Å². The van der Waals surface area contributed by atoms with Crippen LogP contribution in [0.3, 0.4) is 0 Å². The third kappa shape index (κ3) is 4.12. The third-order valence-electron chi connectivity index (χ3n) is 4.87. The minimum Gasteiger partial charge on any atom is -0.347 e. The van der Waals surface area contributed by atoms with E-state index in [1.807, 2.05) is 52.1 Å². The summed E-state index contributed by atoms with van der Waals surface area (Å²) in [5.74, 6) is -0.197. The molecule has 2 aromatic heterocycles. The van der Waals surface area contributed by atoms with Crippen molar-refractivity contribution in [2.24, 2.45) is 0 Å². The highest BCUT2D eigenvalue weighted by Gasteiger charge is 2.30. The molecule has 0 saturated carbocycles. The van der Waals surface area contributed by atoms with Crippen molar-refractivity contribution in [3.05, 3.63) is 70.2 Å². The van der Waals surface area contributed by atoms with Gasteiger partial charge in [0.1, 0.15) is 0 Å². The first-order chi connectivity index (χ1) is 13.7. The predicted octanol–water partition coefficient (Wildman–Crippen LogP) is 2.57. The fourth-order valence-corrected chi connectivity index (χ4v) is 4.05. The van der Waals surface area contributed by atoms with E-state index in [0.717, 1.165) is 30.5 Å². The van der Waals surface area contributed by atoms with E-state index >= 15 is 0 Å². The number of hydrogen-bond donors (Lipinski definition) is 1. The van der Waals surface area contributed by atoms with Gasteiger partial charge in [0, 0.05) is 18.5 Å². The van der Waals surface area contributed by atoms with Gasteiger partial charge in [0.25, 0.3) is 11.8 Å². The molecule has 1 aliphatic rings. The molecule has 1 fully saturated rings. The summed E-state index contributed by atoms with van der Waals surface area (Å²) in [6, 6.07) is 11.6. The largest absolute Gasteiger partial charge is 0.347 e. The molecule has 144 valence electrons. The Morgan fingerprint density at radius 2 is 2.07 bits per heavy atom. The van der Waals surface area contributed by atoms with Gasteiger partial charge in [-0.05, 0) is 29.9 Å². The second-order valence-corrected chi connectivity index (χ2v) is 7.58. The summed E-state index contributed by atoms with van der Waals surface area (Å²) < 4.78 is 1.65. The van der Waals surface area contributed by atoms with Crippen molar-refractivity contribution in [2.45, 2.75) is 32.0 Å². The van der Waals surface area contributed by atoms with Crippen molar-refractivity contribution >= 4 is 23.2 Å². The maximum Gasteiger partial charge on any atom is 0.273 e. The molecule has 0 bridgehead atoms. The van der Waals surface area contributed by atoms with E-state index in [0.29, 0.717) is 13.1 Å². The number of thiophene rings is 1. The molecule has 0 aliphatic carbocycles. The summed E-state index contributed by atoms with van der Waals surface area (Å²) >= 11 is 1.52. The number of likely N-dealkylation sites (tertiary alicyclic amines) is 1. The fourth-order valence-electron chi connectivity index (χ4n) is 3.42. The van der Waals surface area contributed by atoms with Crippen molar-refractivity contribution < 1.29 is 9.59 Å². The van der Waals surface area contributed by atoms with Gasteiger partial charge in [0.15, 0.2) is 5.69 Å². The molecule has 3 heterocycles. The normalized spacial score (nSPS) is 16.3. The van der Waals surface area contributed by atoms with Crippen LogP contribution in [0.15, 0.2) is 53.4 Å². The van der Waals surface area contributed by atoms with E-state index in [9.17, 15) is 9.59 Å². The van der Waals surface area contributed by atoms with Crippen molar-refractivity contribution in [3.63, 3.8) is 0 Å². The first-order valence-corrected chi connectivity index (χ1v) is 10.2. The summed E-state index contributed by atoms with van der Waals surface area (Å²) in [5.41, 5.74) is 2.04. The second kappa shape index (κ2) is 8.35. The standard InChI is InChI=1S/C20H21N5O2S/c26-19(21-11-15-5-2-1-3-6-15)18-13-24(23-22-18)12-17-7-4-9-25(17)20(27)16-8-10-28-14-16/h1-3,5-6,8,10,13-14,17H,4,7,9,11-12H2,(H,21,26)/t17-/m0/s1. The SMILES string of the molecule is O=C(NCc1ccccc1)c1cn(C[C@@H]2CCCN2C(=O)c2ccsc2)nn1. The molecular formula is C20H21N5O2S. The summed E-state index contributed by atoms with van der Waals surface area (Å²) in [7, 11) is 0. The van der Waals surface area contributed by atoms with Crippen molar-refractivity contribution in [1.29, 1.82) is 0 Å². The number of hydrogen-bond acceptors (Lipinski definition) is 5. The van der Waals surface area contributed by atoms with E-state index < -0.39 is 0 Å². The van der Waals surface area contributed by atoms with Crippen LogP contribution in [0.2, 0.25) is 0 Å². The number of amides is 2. The lowest BCUT2D eigenvalue weighted by Gasteiger charge is -2.24. The number of aromatic nitrogens is 3. The number of carbonyl (C=O) groups is 2. The lowest BCUT2D eigenvalue weighted by molar-refractivity contribution is 0.0721. The fraction of sp³-hybridized carbons (Fsp3) is 0.300. The molecule has 1 atom stereocenters. The molecule has 4 rings (SSSR count). The number of nitrogens with one attached hydrogen (secondary N) is 1. The molecule has 0 unspecified atom stereocenters. The Labute approximate surface area is 167 Å². The third-order valence-corrected chi connectivity index (χ3v) is 5.55. The highest BCUT2D eigenvalue weighted by atomic mass is 32.1. The topological polar surface area (TPSA) is 80.1 Å². The van der Waals surface area contributed by atoms with Crippen molar-refractivity contribution in [3.8, 4) is 0 Å². The maximum absolute atomic E-state index is 12.7. The number of nitrogens with zero attached hydrogens (tertiary/aromatic N) is 4. The van der Waals surface area contributed by atoms with Crippen LogP contribution in [0.1, 0.15) is 39.3 Å². The Morgan fingerprint density at radius 3 is 2.86 bits per heavy atom. The van der Waals surface area contributed by atoms with Gasteiger partial charge < -0.3 is 10.2 Å². The molecule has 1 aliphatic heterocycles. The van der Waals surface area contributed by atoms with Gasteiger partial charge >= 0.3 is 0 Å². The van der Waals surface area contributed by atoms with Crippen LogP contribution in [0.25, 0.3) is 0 Å². The summed E-state index contributed by atoms with van der Waals surface area (Å²) in [6.45, 7) is 1.73. The average molecular weight is 395 g/mol. The zero-order chi connectivity index (χ0) is 19.3. The maximum atomic E-state index is 12.7. The molecule has 2 amide bonds. The molecule has 1 saturated heterocycles. The van der Waals surface area contributed by atoms with Gasteiger partial charge in [-0.1, -0.05) is 35.5 Å². The number of benzene rings is 1. The molecule has 1 aromatic carbocycles. The predicted molar refractivity (Wildman–Crippen MR) is 106 cm³/mol. The van der Waals surface area contributed by atoms with Crippen LogP contribution >= 0.6 is 11.3 Å². The minimum atomic E-state index is -0.257. The lowest BCUT2D eigenvalue weighted by Crippen LogP contribution is -2.38. The molecule has 3 aromatic rings. The molecule has 0 spiro atoms. The number of carbonyl (C=O) groups excluding carboxylic acids is 2. The highest BCUT2D eigenvalue weighted by molar-refractivity contribution is 7.08. The van der Waals surface area contributed by atoms with Crippen LogP contribution in [0, 0.1) is 0 Å². The molecule has 1 N–H and O–H groups in total. The van der Waals surface area contributed by atoms with Crippen LogP contribution in [-0.2, 0) is 13.1 Å². The van der Waals surface area contributed by atoms with Crippen molar-refractivity contribution in [2.75, 3.05) is 6.54 Å². The van der Waals surface area contributed by atoms with Gasteiger partial charge in [-0.2, -0.15) is 11.3 Å². The van der Waals surface area contributed by atoms with Crippen LogP contribution in [0.5, 0.6) is 0 Å².